The van der Waals surface area contributed by atoms with E-state index < -0.39 is 0 Å². The van der Waals surface area contributed by atoms with Crippen LogP contribution in [0.1, 0.15) is 5.56 Å². The van der Waals surface area contributed by atoms with Crippen LogP contribution in [0.5, 0.6) is 0 Å². The van der Waals surface area contributed by atoms with Crippen molar-refractivity contribution >= 4 is 0 Å². The predicted octanol–water partition coefficient (Wildman–Crippen LogP) is 2.00. The first-order valence-corrected chi connectivity index (χ1v) is 5.00. The maximum atomic E-state index is 13.6. The van der Waals surface area contributed by atoms with Crippen LogP contribution in [0.15, 0.2) is 36.8 Å². The van der Waals surface area contributed by atoms with Crippen molar-refractivity contribution in [3.63, 3.8) is 0 Å². The Morgan fingerprint density at radius 3 is 2.88 bits per heavy atom. The standard InChI is InChI=1S/C12H12FN3/c1-14-7-9-2-3-11(13)10(6-9)12-8-15-4-5-16-12/h2-6,8,14H,7H2,1H3. The molecule has 0 amide bonds. The Morgan fingerprint density at radius 1 is 1.31 bits per heavy atom. The van der Waals surface area contributed by atoms with Gasteiger partial charge in [-0.25, -0.2) is 4.39 Å². The topological polar surface area (TPSA) is 37.8 Å². The van der Waals surface area contributed by atoms with Gasteiger partial charge in [0.05, 0.1) is 11.9 Å². The van der Waals surface area contributed by atoms with Gasteiger partial charge in [-0.3, -0.25) is 9.97 Å². The number of rotatable bonds is 3. The highest BCUT2D eigenvalue weighted by Gasteiger charge is 2.07. The largest absolute Gasteiger partial charge is 0.316 e. The molecule has 3 nitrogen and oxygen atoms in total. The summed E-state index contributed by atoms with van der Waals surface area (Å²) in [6.45, 7) is 0.702. The van der Waals surface area contributed by atoms with Crippen LogP contribution in [0.2, 0.25) is 0 Å². The molecule has 0 atom stereocenters. The fraction of sp³-hybridized carbons (Fsp3) is 0.167. The van der Waals surface area contributed by atoms with Crippen molar-refractivity contribution in [2.75, 3.05) is 7.05 Å². The third kappa shape index (κ3) is 2.23. The molecule has 0 unspecified atom stereocenters. The van der Waals surface area contributed by atoms with E-state index in [-0.39, 0.29) is 5.82 Å². The van der Waals surface area contributed by atoms with E-state index in [0.717, 1.165) is 5.56 Å². The maximum absolute atomic E-state index is 13.6. The van der Waals surface area contributed by atoms with Crippen LogP contribution in [0, 0.1) is 5.82 Å². The summed E-state index contributed by atoms with van der Waals surface area (Å²) in [4.78, 5) is 8.02. The third-order valence-corrected chi connectivity index (χ3v) is 2.25. The monoisotopic (exact) mass is 217 g/mol. The SMILES string of the molecule is CNCc1ccc(F)c(-c2cnccn2)c1. The fourth-order valence-corrected chi connectivity index (χ4v) is 1.52. The van der Waals surface area contributed by atoms with Gasteiger partial charge < -0.3 is 5.32 Å². The molecule has 1 aromatic heterocycles. The molecule has 0 fully saturated rings. The van der Waals surface area contributed by atoms with E-state index in [1.807, 2.05) is 7.05 Å². The molecule has 1 N–H and O–H groups in total. The highest BCUT2D eigenvalue weighted by Crippen LogP contribution is 2.21. The van der Waals surface area contributed by atoms with Crippen molar-refractivity contribution < 1.29 is 4.39 Å². The molecule has 1 aromatic carbocycles. The Hall–Kier alpha value is -1.81. The lowest BCUT2D eigenvalue weighted by atomic mass is 10.1. The number of nitrogens with one attached hydrogen (secondary N) is 1. The van der Waals surface area contributed by atoms with Crippen LogP contribution in [0.3, 0.4) is 0 Å². The number of nitrogens with zero attached hydrogens (tertiary/aromatic N) is 2. The molecule has 0 aliphatic heterocycles. The first-order chi connectivity index (χ1) is 7.81. The lowest BCUT2D eigenvalue weighted by Crippen LogP contribution is -2.05. The van der Waals surface area contributed by atoms with Gasteiger partial charge in [0.15, 0.2) is 0 Å². The summed E-state index contributed by atoms with van der Waals surface area (Å²) in [6.07, 6.45) is 4.68. The van der Waals surface area contributed by atoms with Crippen molar-refractivity contribution in [3.8, 4) is 11.3 Å². The number of halogens is 1. The molecule has 0 saturated carbocycles. The van der Waals surface area contributed by atoms with E-state index >= 15 is 0 Å². The predicted molar refractivity (Wildman–Crippen MR) is 60.2 cm³/mol. The van der Waals surface area contributed by atoms with E-state index in [1.165, 1.54) is 6.07 Å². The van der Waals surface area contributed by atoms with Crippen molar-refractivity contribution in [2.24, 2.45) is 0 Å². The molecule has 2 rings (SSSR count). The summed E-state index contributed by atoms with van der Waals surface area (Å²) in [7, 11) is 1.85. The van der Waals surface area contributed by atoms with Gasteiger partial charge in [-0.05, 0) is 24.7 Å². The van der Waals surface area contributed by atoms with E-state index in [4.69, 9.17) is 0 Å². The molecule has 0 radical (unpaired) electrons. The lowest BCUT2D eigenvalue weighted by molar-refractivity contribution is 0.629. The number of aromatic nitrogens is 2. The summed E-state index contributed by atoms with van der Waals surface area (Å²) in [5, 5.41) is 3.02. The minimum absolute atomic E-state index is 0.277. The van der Waals surface area contributed by atoms with E-state index in [9.17, 15) is 4.39 Å². The second kappa shape index (κ2) is 4.81. The molecule has 82 valence electrons. The molecule has 4 heteroatoms. The molecule has 0 aliphatic rings. The number of benzene rings is 1. The summed E-state index contributed by atoms with van der Waals surface area (Å²) in [6, 6.07) is 5.00. The van der Waals surface area contributed by atoms with Crippen molar-refractivity contribution in [1.82, 2.24) is 15.3 Å². The summed E-state index contributed by atoms with van der Waals surface area (Å²) >= 11 is 0. The first kappa shape index (κ1) is 10.7. The van der Waals surface area contributed by atoms with E-state index in [1.54, 1.807) is 30.7 Å². The second-order valence-corrected chi connectivity index (χ2v) is 3.44. The molecular formula is C12H12FN3. The van der Waals surface area contributed by atoms with Crippen LogP contribution >= 0.6 is 0 Å². The highest BCUT2D eigenvalue weighted by atomic mass is 19.1. The molecular weight excluding hydrogens is 205 g/mol. The summed E-state index contributed by atoms with van der Waals surface area (Å²) in [5.41, 5.74) is 2.06. The highest BCUT2D eigenvalue weighted by molar-refractivity contribution is 5.59. The average molecular weight is 217 g/mol. The van der Waals surface area contributed by atoms with Crippen molar-refractivity contribution in [3.05, 3.63) is 48.2 Å². The number of hydrogen-bond donors (Lipinski definition) is 1. The van der Waals surface area contributed by atoms with Crippen LogP contribution in [-0.2, 0) is 6.54 Å². The molecule has 1 heterocycles. The van der Waals surface area contributed by atoms with Gasteiger partial charge in [-0.2, -0.15) is 0 Å². The molecule has 0 aliphatic carbocycles. The van der Waals surface area contributed by atoms with Gasteiger partial charge in [0, 0.05) is 24.5 Å². The minimum Gasteiger partial charge on any atom is -0.316 e. The fourth-order valence-electron chi connectivity index (χ4n) is 1.52. The first-order valence-electron chi connectivity index (χ1n) is 5.00. The third-order valence-electron chi connectivity index (χ3n) is 2.25. The molecule has 16 heavy (non-hydrogen) atoms. The Kier molecular flexibility index (Phi) is 3.22. The Labute approximate surface area is 93.4 Å². The second-order valence-electron chi connectivity index (χ2n) is 3.44. The zero-order valence-corrected chi connectivity index (χ0v) is 8.94. The zero-order valence-electron chi connectivity index (χ0n) is 8.94. The van der Waals surface area contributed by atoms with Gasteiger partial charge in [-0.1, -0.05) is 6.07 Å². The number of hydrogen-bond acceptors (Lipinski definition) is 3. The van der Waals surface area contributed by atoms with Gasteiger partial charge in [0.1, 0.15) is 5.82 Å². The van der Waals surface area contributed by atoms with Crippen LogP contribution in [-0.4, -0.2) is 17.0 Å². The van der Waals surface area contributed by atoms with E-state index in [0.29, 0.717) is 17.8 Å². The Bertz CT molecular complexity index is 471. The molecule has 2 aromatic rings. The minimum atomic E-state index is -0.277. The Morgan fingerprint density at radius 2 is 2.19 bits per heavy atom. The summed E-state index contributed by atoms with van der Waals surface area (Å²) < 4.78 is 13.6. The molecule has 0 spiro atoms. The normalized spacial score (nSPS) is 10.4. The quantitative estimate of drug-likeness (QED) is 0.854. The van der Waals surface area contributed by atoms with Crippen molar-refractivity contribution in [2.45, 2.75) is 6.54 Å². The van der Waals surface area contributed by atoms with Gasteiger partial charge in [0.25, 0.3) is 0 Å². The average Bonchev–Trinajstić information content (AvgIpc) is 2.33. The van der Waals surface area contributed by atoms with Gasteiger partial charge in [0.2, 0.25) is 0 Å². The molecule has 0 saturated heterocycles. The molecule has 0 bridgehead atoms. The zero-order chi connectivity index (χ0) is 11.4. The lowest BCUT2D eigenvalue weighted by Gasteiger charge is -2.05. The smallest absolute Gasteiger partial charge is 0.132 e. The van der Waals surface area contributed by atoms with Gasteiger partial charge in [-0.15, -0.1) is 0 Å². The van der Waals surface area contributed by atoms with Crippen LogP contribution in [0.25, 0.3) is 11.3 Å². The Balaban J connectivity index is 2.43. The van der Waals surface area contributed by atoms with Gasteiger partial charge >= 0.3 is 0 Å². The van der Waals surface area contributed by atoms with Crippen LogP contribution in [0.4, 0.5) is 4.39 Å². The maximum Gasteiger partial charge on any atom is 0.132 e. The van der Waals surface area contributed by atoms with E-state index in [2.05, 4.69) is 15.3 Å². The van der Waals surface area contributed by atoms with Crippen molar-refractivity contribution in [1.29, 1.82) is 0 Å². The summed E-state index contributed by atoms with van der Waals surface area (Å²) in [5.74, 6) is -0.277. The van der Waals surface area contributed by atoms with Crippen LogP contribution < -0.4 is 5.32 Å².